The lowest BCUT2D eigenvalue weighted by molar-refractivity contribution is -0.113. The molecule has 0 aliphatic carbocycles. The first-order chi connectivity index (χ1) is 16.4. The van der Waals surface area contributed by atoms with E-state index in [1.54, 1.807) is 36.6 Å². The van der Waals surface area contributed by atoms with Crippen LogP contribution in [0, 0.1) is 25.2 Å². The number of fused-ring (bicyclic) bond motifs is 1. The summed E-state index contributed by atoms with van der Waals surface area (Å²) in [5, 5.41) is 13.5. The molecular weight excluding hydrogens is 450 g/mol. The number of thioether (sulfide) groups is 1. The number of amides is 1. The summed E-state index contributed by atoms with van der Waals surface area (Å²) in [4.78, 5) is 30.4. The summed E-state index contributed by atoms with van der Waals surface area (Å²) >= 11 is 1.16. The van der Waals surface area contributed by atoms with E-state index in [9.17, 15) is 14.9 Å². The van der Waals surface area contributed by atoms with Gasteiger partial charge in [0.25, 0.3) is 5.56 Å². The third-order valence-corrected chi connectivity index (χ3v) is 6.54. The largest absolute Gasteiger partial charge is 0.467 e. The van der Waals surface area contributed by atoms with Gasteiger partial charge in [-0.1, -0.05) is 30.0 Å². The van der Waals surface area contributed by atoms with E-state index in [0.29, 0.717) is 39.7 Å². The van der Waals surface area contributed by atoms with E-state index in [1.807, 2.05) is 30.5 Å². The molecule has 0 fully saturated rings. The fourth-order valence-electron chi connectivity index (χ4n) is 3.73. The first-order valence-corrected chi connectivity index (χ1v) is 11.6. The molecule has 34 heavy (non-hydrogen) atoms. The third kappa shape index (κ3) is 4.40. The van der Waals surface area contributed by atoms with Crippen LogP contribution in [0.4, 0.5) is 5.82 Å². The number of allylic oxidation sites excluding steroid dienone is 1. The molecule has 8 nitrogen and oxygen atoms in total. The number of hydrogen-bond acceptors (Lipinski definition) is 6. The second-order valence-corrected chi connectivity index (χ2v) is 8.61. The standard InChI is InChI=1S/C25H23N5O3S/c1-4-11-29-24(32)19-9-5-6-10-21(19)27-25(29)34-15-22(31)28-23-20(13-26)16(2)17(3)30(23)14-18-8-7-12-33-18/h4-10,12H,1,11,14-15H2,2-3H3,(H,28,31). The number of nitriles is 1. The van der Waals surface area contributed by atoms with Gasteiger partial charge in [0.1, 0.15) is 17.6 Å². The minimum atomic E-state index is -0.313. The molecule has 1 amide bonds. The van der Waals surface area contributed by atoms with Crippen molar-refractivity contribution in [3.05, 3.63) is 88.3 Å². The number of carbonyl (C=O) groups excluding carboxylic acids is 1. The maximum absolute atomic E-state index is 12.9. The van der Waals surface area contributed by atoms with Gasteiger partial charge in [-0.15, -0.1) is 6.58 Å². The Bertz CT molecular complexity index is 1480. The molecule has 0 saturated carbocycles. The topological polar surface area (TPSA) is 106 Å². The highest BCUT2D eigenvalue weighted by Crippen LogP contribution is 2.28. The zero-order chi connectivity index (χ0) is 24.2. The summed E-state index contributed by atoms with van der Waals surface area (Å²) in [5.74, 6) is 0.833. The molecule has 0 saturated heterocycles. The maximum atomic E-state index is 12.9. The highest BCUT2D eigenvalue weighted by atomic mass is 32.2. The summed E-state index contributed by atoms with van der Waals surface area (Å²) in [6.45, 7) is 8.14. The van der Waals surface area contributed by atoms with Crippen molar-refractivity contribution in [1.29, 1.82) is 5.26 Å². The number of furan rings is 1. The molecule has 1 aromatic carbocycles. The number of anilines is 1. The fourth-order valence-corrected chi connectivity index (χ4v) is 4.54. The number of hydrogen-bond donors (Lipinski definition) is 1. The second kappa shape index (κ2) is 9.85. The molecule has 0 unspecified atom stereocenters. The molecule has 0 atom stereocenters. The third-order valence-electron chi connectivity index (χ3n) is 5.56. The fraction of sp³-hybridized carbons (Fsp3) is 0.200. The van der Waals surface area contributed by atoms with Crippen LogP contribution in [0.1, 0.15) is 22.6 Å². The maximum Gasteiger partial charge on any atom is 0.262 e. The predicted molar refractivity (Wildman–Crippen MR) is 132 cm³/mol. The second-order valence-electron chi connectivity index (χ2n) is 7.66. The van der Waals surface area contributed by atoms with Crippen molar-refractivity contribution in [1.82, 2.24) is 14.1 Å². The average Bonchev–Trinajstić information content (AvgIpc) is 3.42. The Morgan fingerprint density at radius 1 is 1.26 bits per heavy atom. The number of benzene rings is 1. The minimum Gasteiger partial charge on any atom is -0.467 e. The van der Waals surface area contributed by atoms with Crippen LogP contribution in [0.2, 0.25) is 0 Å². The summed E-state index contributed by atoms with van der Waals surface area (Å²) in [5.41, 5.74) is 2.47. The van der Waals surface area contributed by atoms with E-state index in [1.165, 1.54) is 4.57 Å². The average molecular weight is 474 g/mol. The van der Waals surface area contributed by atoms with Crippen molar-refractivity contribution < 1.29 is 9.21 Å². The van der Waals surface area contributed by atoms with E-state index < -0.39 is 0 Å². The predicted octanol–water partition coefficient (Wildman–Crippen LogP) is 4.24. The van der Waals surface area contributed by atoms with Crippen LogP contribution >= 0.6 is 11.8 Å². The SMILES string of the molecule is C=CCn1c(SCC(=O)Nc2c(C#N)c(C)c(C)n2Cc2ccco2)nc2ccccc2c1=O. The molecular formula is C25H23N5O3S. The Labute approximate surface area is 200 Å². The molecule has 0 spiro atoms. The van der Waals surface area contributed by atoms with Crippen LogP contribution in [0.15, 0.2) is 69.7 Å². The lowest BCUT2D eigenvalue weighted by Gasteiger charge is -2.13. The van der Waals surface area contributed by atoms with Gasteiger partial charge in [-0.2, -0.15) is 5.26 Å². The molecule has 0 aliphatic rings. The van der Waals surface area contributed by atoms with Gasteiger partial charge < -0.3 is 14.3 Å². The number of carbonyl (C=O) groups is 1. The van der Waals surface area contributed by atoms with E-state index in [0.717, 1.165) is 23.0 Å². The van der Waals surface area contributed by atoms with Crippen LogP contribution in [0.5, 0.6) is 0 Å². The van der Waals surface area contributed by atoms with Crippen LogP contribution < -0.4 is 10.9 Å². The minimum absolute atomic E-state index is 0.0107. The van der Waals surface area contributed by atoms with Gasteiger partial charge in [-0.25, -0.2) is 4.98 Å². The van der Waals surface area contributed by atoms with Crippen molar-refractivity contribution in [2.24, 2.45) is 0 Å². The van der Waals surface area contributed by atoms with Crippen molar-refractivity contribution in [3.63, 3.8) is 0 Å². The van der Waals surface area contributed by atoms with E-state index >= 15 is 0 Å². The van der Waals surface area contributed by atoms with E-state index in [4.69, 9.17) is 4.42 Å². The van der Waals surface area contributed by atoms with Gasteiger partial charge in [0.2, 0.25) is 5.91 Å². The van der Waals surface area contributed by atoms with Crippen molar-refractivity contribution in [2.45, 2.75) is 32.1 Å². The summed E-state index contributed by atoms with van der Waals surface area (Å²) in [6, 6.07) is 12.9. The van der Waals surface area contributed by atoms with Crippen molar-refractivity contribution >= 4 is 34.4 Å². The molecule has 1 N–H and O–H groups in total. The summed E-state index contributed by atoms with van der Waals surface area (Å²) < 4.78 is 8.81. The van der Waals surface area contributed by atoms with Gasteiger partial charge in [0.05, 0.1) is 35.0 Å². The molecule has 4 aromatic rings. The van der Waals surface area contributed by atoms with Gasteiger partial charge in [0.15, 0.2) is 5.16 Å². The lowest BCUT2D eigenvalue weighted by Crippen LogP contribution is -2.24. The number of nitrogens with one attached hydrogen (secondary N) is 1. The van der Waals surface area contributed by atoms with Crippen LogP contribution in [-0.2, 0) is 17.9 Å². The Morgan fingerprint density at radius 3 is 2.76 bits per heavy atom. The van der Waals surface area contributed by atoms with Gasteiger partial charge >= 0.3 is 0 Å². The quantitative estimate of drug-likeness (QED) is 0.233. The smallest absolute Gasteiger partial charge is 0.262 e. The Balaban J connectivity index is 1.60. The zero-order valence-corrected chi connectivity index (χ0v) is 19.7. The van der Waals surface area contributed by atoms with Gasteiger partial charge in [-0.05, 0) is 43.7 Å². The first kappa shape index (κ1) is 23.1. The number of para-hydroxylation sites is 1. The highest BCUT2D eigenvalue weighted by Gasteiger charge is 2.21. The molecule has 172 valence electrons. The molecule has 3 heterocycles. The summed E-state index contributed by atoms with van der Waals surface area (Å²) in [6.07, 6.45) is 3.20. The molecule has 0 radical (unpaired) electrons. The highest BCUT2D eigenvalue weighted by molar-refractivity contribution is 7.99. The molecule has 3 aromatic heterocycles. The van der Waals surface area contributed by atoms with Crippen LogP contribution in [0.3, 0.4) is 0 Å². The summed E-state index contributed by atoms with van der Waals surface area (Å²) in [7, 11) is 0. The first-order valence-electron chi connectivity index (χ1n) is 10.6. The Hall–Kier alpha value is -4.03. The van der Waals surface area contributed by atoms with E-state index in [2.05, 4.69) is 22.9 Å². The normalized spacial score (nSPS) is 10.9. The lowest BCUT2D eigenvalue weighted by atomic mass is 10.2. The van der Waals surface area contributed by atoms with Crippen molar-refractivity contribution in [2.75, 3.05) is 11.1 Å². The number of nitrogens with zero attached hydrogens (tertiary/aromatic N) is 4. The van der Waals surface area contributed by atoms with Crippen molar-refractivity contribution in [3.8, 4) is 6.07 Å². The Morgan fingerprint density at radius 2 is 2.06 bits per heavy atom. The zero-order valence-electron chi connectivity index (χ0n) is 18.9. The molecule has 4 rings (SSSR count). The molecule has 9 heteroatoms. The van der Waals surface area contributed by atoms with Gasteiger partial charge in [-0.3, -0.25) is 14.2 Å². The van der Waals surface area contributed by atoms with Crippen LogP contribution in [-0.4, -0.2) is 25.8 Å². The Kier molecular flexibility index (Phi) is 6.70. The van der Waals surface area contributed by atoms with Crippen LogP contribution in [0.25, 0.3) is 10.9 Å². The monoisotopic (exact) mass is 473 g/mol. The van der Waals surface area contributed by atoms with Gasteiger partial charge in [0, 0.05) is 12.2 Å². The molecule has 0 aliphatic heterocycles. The molecule has 0 bridgehead atoms. The van der Waals surface area contributed by atoms with E-state index in [-0.39, 0.29) is 23.8 Å². The number of aromatic nitrogens is 3. The number of rotatable bonds is 8.